The number of aryl methyl sites for hydroxylation is 1. The number of para-hydroxylation sites is 1. The summed E-state index contributed by atoms with van der Waals surface area (Å²) in [6.07, 6.45) is 0. The van der Waals surface area contributed by atoms with E-state index in [1.54, 1.807) is 71.6 Å². The molecule has 3 aromatic carbocycles. The van der Waals surface area contributed by atoms with Crippen LogP contribution in [0.25, 0.3) is 0 Å². The highest BCUT2D eigenvalue weighted by Gasteiger charge is 2.13. The Balaban J connectivity index is 0.000000293. The first-order valence-corrected chi connectivity index (χ1v) is 11.4. The van der Waals surface area contributed by atoms with Crippen molar-refractivity contribution >= 4 is 23.3 Å². The molecular formula is C27H35N3O6. The first-order chi connectivity index (χ1) is 17.3. The lowest BCUT2D eigenvalue weighted by atomic mass is 10.2. The smallest absolute Gasteiger partial charge is 0.346 e. The summed E-state index contributed by atoms with van der Waals surface area (Å²) in [4.78, 5) is 25.0. The summed E-state index contributed by atoms with van der Waals surface area (Å²) in [7, 11) is 0. The summed E-state index contributed by atoms with van der Waals surface area (Å²) in [6.45, 7) is 3.69. The van der Waals surface area contributed by atoms with Crippen LogP contribution < -0.4 is 11.5 Å². The highest BCUT2D eigenvalue weighted by atomic mass is 16.6. The van der Waals surface area contributed by atoms with E-state index in [0.717, 1.165) is 5.56 Å². The number of hydrogen-bond acceptors (Lipinski definition) is 9. The van der Waals surface area contributed by atoms with Crippen molar-refractivity contribution in [3.8, 4) is 0 Å². The van der Waals surface area contributed by atoms with Crippen LogP contribution in [0.3, 0.4) is 0 Å². The highest BCUT2D eigenvalue weighted by Crippen LogP contribution is 2.17. The van der Waals surface area contributed by atoms with Crippen molar-refractivity contribution in [1.29, 1.82) is 0 Å². The van der Waals surface area contributed by atoms with Crippen LogP contribution in [0.5, 0.6) is 0 Å². The molecular weight excluding hydrogens is 462 g/mol. The van der Waals surface area contributed by atoms with E-state index in [1.165, 1.54) is 0 Å². The summed E-state index contributed by atoms with van der Waals surface area (Å²) >= 11 is 0. The Bertz CT molecular complexity index is 948. The zero-order valence-electron chi connectivity index (χ0n) is 20.4. The number of hydrogen-bond donors (Lipinski definition) is 5. The molecule has 9 heteroatoms. The third-order valence-electron chi connectivity index (χ3n) is 4.81. The molecule has 0 saturated carbocycles. The second kappa shape index (κ2) is 17.6. The predicted octanol–water partition coefficient (Wildman–Crippen LogP) is 2.11. The van der Waals surface area contributed by atoms with Gasteiger partial charge in [0.15, 0.2) is 0 Å². The van der Waals surface area contributed by atoms with E-state index in [4.69, 9.17) is 31.5 Å². The topological polar surface area (TPSA) is 159 Å². The Kier molecular flexibility index (Phi) is 14.8. The van der Waals surface area contributed by atoms with Gasteiger partial charge in [-0.2, -0.15) is 0 Å². The van der Waals surface area contributed by atoms with Crippen molar-refractivity contribution in [2.24, 2.45) is 0 Å². The van der Waals surface area contributed by atoms with Gasteiger partial charge in [0.05, 0.1) is 42.3 Å². The number of ether oxygens (including phenoxy) is 1. The number of aliphatic hydroxyl groups is 3. The second-order valence-corrected chi connectivity index (χ2v) is 7.50. The molecule has 0 spiro atoms. The number of nitrogens with zero attached hydrogens (tertiary/aromatic N) is 1. The number of benzene rings is 3. The van der Waals surface area contributed by atoms with Crippen LogP contribution >= 0.6 is 0 Å². The normalized spacial score (nSPS) is 9.92. The number of nitrogens with two attached hydrogens (primary N) is 2. The fourth-order valence-corrected chi connectivity index (χ4v) is 2.81. The molecule has 0 unspecified atom stereocenters. The Labute approximate surface area is 211 Å². The quantitative estimate of drug-likeness (QED) is 0.178. The average Bonchev–Trinajstić information content (AvgIpc) is 2.89. The lowest BCUT2D eigenvalue weighted by Crippen LogP contribution is -2.32. The first kappa shape index (κ1) is 30.3. The van der Waals surface area contributed by atoms with Crippen molar-refractivity contribution in [2.45, 2.75) is 6.92 Å². The maximum absolute atomic E-state index is 11.6. The molecule has 194 valence electrons. The number of anilines is 2. The van der Waals surface area contributed by atoms with Crippen LogP contribution in [0.4, 0.5) is 11.4 Å². The third-order valence-corrected chi connectivity index (χ3v) is 4.81. The number of carbonyl (C=O) groups excluding carboxylic acids is 2. The molecule has 0 atom stereocenters. The standard InChI is InChI=1S/C14H10O3.C7H10N2.C6H15NO3/c15-13(11-7-3-1-4-8-11)17-14(16)12-9-5-2-6-10-12;1-5-3-2-4-6(8)7(5)9;8-4-1-7(2-5-9)3-6-10/h1-10H;2-4H,8-9H2,1H3;8-10H,1-6H2. The van der Waals surface area contributed by atoms with E-state index in [1.807, 2.05) is 19.1 Å². The number of esters is 2. The second-order valence-electron chi connectivity index (χ2n) is 7.50. The molecule has 9 nitrogen and oxygen atoms in total. The zero-order chi connectivity index (χ0) is 26.8. The van der Waals surface area contributed by atoms with E-state index in [9.17, 15) is 9.59 Å². The monoisotopic (exact) mass is 497 g/mol. The zero-order valence-corrected chi connectivity index (χ0v) is 20.4. The van der Waals surface area contributed by atoms with Gasteiger partial charge in [0.1, 0.15) is 0 Å². The molecule has 36 heavy (non-hydrogen) atoms. The molecule has 7 N–H and O–H groups in total. The molecule has 3 aromatic rings. The van der Waals surface area contributed by atoms with Gasteiger partial charge in [0.25, 0.3) is 0 Å². The molecule has 0 bridgehead atoms. The Hall–Kier alpha value is -3.76. The summed E-state index contributed by atoms with van der Waals surface area (Å²) in [5.74, 6) is -1.28. The minimum absolute atomic E-state index is 0.0694. The third kappa shape index (κ3) is 11.6. The molecule has 0 aliphatic heterocycles. The SMILES string of the molecule is Cc1cccc(N)c1N.O=C(OC(=O)c1ccccc1)c1ccccc1.OCCN(CCO)CCO. The van der Waals surface area contributed by atoms with Crippen LogP contribution in [-0.4, -0.2) is 71.6 Å². The van der Waals surface area contributed by atoms with Crippen LogP contribution in [0, 0.1) is 6.92 Å². The fourth-order valence-electron chi connectivity index (χ4n) is 2.81. The first-order valence-electron chi connectivity index (χ1n) is 11.4. The number of rotatable bonds is 8. The lowest BCUT2D eigenvalue weighted by molar-refractivity contribution is 0.0397. The summed E-state index contributed by atoms with van der Waals surface area (Å²) in [5.41, 5.74) is 14.2. The summed E-state index contributed by atoms with van der Waals surface area (Å²) in [6, 6.07) is 22.4. The van der Waals surface area contributed by atoms with Crippen LogP contribution in [0.15, 0.2) is 78.9 Å². The largest absolute Gasteiger partial charge is 0.397 e. The molecule has 0 saturated heterocycles. The van der Waals surface area contributed by atoms with Gasteiger partial charge in [-0.25, -0.2) is 9.59 Å². The van der Waals surface area contributed by atoms with Gasteiger partial charge >= 0.3 is 11.9 Å². The highest BCUT2D eigenvalue weighted by molar-refractivity contribution is 6.02. The molecule has 0 heterocycles. The molecule has 0 fully saturated rings. The van der Waals surface area contributed by atoms with E-state index in [-0.39, 0.29) is 19.8 Å². The Morgan fingerprint density at radius 2 is 1.11 bits per heavy atom. The molecule has 0 aliphatic rings. The molecule has 3 rings (SSSR count). The summed E-state index contributed by atoms with van der Waals surface area (Å²) < 4.78 is 4.74. The van der Waals surface area contributed by atoms with Gasteiger partial charge in [-0.3, -0.25) is 4.90 Å². The van der Waals surface area contributed by atoms with E-state index in [0.29, 0.717) is 42.1 Å². The molecule has 0 radical (unpaired) electrons. The van der Waals surface area contributed by atoms with Gasteiger partial charge in [0.2, 0.25) is 0 Å². The van der Waals surface area contributed by atoms with Crippen molar-refractivity contribution in [2.75, 3.05) is 50.9 Å². The van der Waals surface area contributed by atoms with Gasteiger partial charge in [0, 0.05) is 19.6 Å². The van der Waals surface area contributed by atoms with Gasteiger partial charge < -0.3 is 31.5 Å². The maximum atomic E-state index is 11.6. The van der Waals surface area contributed by atoms with Crippen LogP contribution in [0.2, 0.25) is 0 Å². The predicted molar refractivity (Wildman–Crippen MR) is 140 cm³/mol. The number of nitrogen functional groups attached to an aromatic ring is 2. The van der Waals surface area contributed by atoms with Gasteiger partial charge in [-0.15, -0.1) is 0 Å². The van der Waals surface area contributed by atoms with Crippen molar-refractivity contribution < 1.29 is 29.6 Å². The molecule has 0 amide bonds. The number of aliphatic hydroxyl groups excluding tert-OH is 3. The minimum Gasteiger partial charge on any atom is -0.397 e. The molecule has 0 aliphatic carbocycles. The maximum Gasteiger partial charge on any atom is 0.346 e. The van der Waals surface area contributed by atoms with Crippen molar-refractivity contribution in [1.82, 2.24) is 4.90 Å². The fraction of sp³-hybridized carbons (Fsp3) is 0.259. The van der Waals surface area contributed by atoms with Crippen molar-refractivity contribution in [3.05, 3.63) is 95.6 Å². The van der Waals surface area contributed by atoms with Gasteiger partial charge in [-0.1, -0.05) is 48.5 Å². The van der Waals surface area contributed by atoms with E-state index < -0.39 is 11.9 Å². The average molecular weight is 498 g/mol. The molecule has 0 aromatic heterocycles. The van der Waals surface area contributed by atoms with E-state index >= 15 is 0 Å². The Morgan fingerprint density at radius 1 is 0.694 bits per heavy atom. The lowest BCUT2D eigenvalue weighted by Gasteiger charge is -2.17. The van der Waals surface area contributed by atoms with Crippen molar-refractivity contribution in [3.63, 3.8) is 0 Å². The Morgan fingerprint density at radius 3 is 1.44 bits per heavy atom. The van der Waals surface area contributed by atoms with E-state index in [2.05, 4.69) is 0 Å². The minimum atomic E-state index is -0.639. The van der Waals surface area contributed by atoms with Crippen LogP contribution in [0.1, 0.15) is 26.3 Å². The van der Waals surface area contributed by atoms with Crippen LogP contribution in [-0.2, 0) is 4.74 Å². The summed E-state index contributed by atoms with van der Waals surface area (Å²) in [5, 5.41) is 25.5. The van der Waals surface area contributed by atoms with Gasteiger partial charge in [-0.05, 0) is 42.8 Å². The number of carbonyl (C=O) groups is 2.